The lowest BCUT2D eigenvalue weighted by Gasteiger charge is -2.38. The first kappa shape index (κ1) is 25.0. The van der Waals surface area contributed by atoms with Crippen LogP contribution in [-0.2, 0) is 4.79 Å². The van der Waals surface area contributed by atoms with Gasteiger partial charge in [-0.1, -0.05) is 57.3 Å². The van der Waals surface area contributed by atoms with Gasteiger partial charge in [-0.05, 0) is 63.6 Å². The highest BCUT2D eigenvalue weighted by atomic mass is 79.9. The van der Waals surface area contributed by atoms with Crippen molar-refractivity contribution in [2.45, 2.75) is 51.3 Å². The van der Waals surface area contributed by atoms with E-state index in [0.717, 1.165) is 26.7 Å². The van der Waals surface area contributed by atoms with Crippen LogP contribution in [0, 0.1) is 0 Å². The number of fused-ring (bicyclic) bond motifs is 1. The molecule has 0 spiro atoms. The molecule has 8 heteroatoms. The van der Waals surface area contributed by atoms with E-state index in [4.69, 9.17) is 38.7 Å². The predicted octanol–water partition coefficient (Wildman–Crippen LogP) is 6.94. The van der Waals surface area contributed by atoms with Gasteiger partial charge in [0.25, 0.3) is 0 Å². The van der Waals surface area contributed by atoms with Gasteiger partial charge < -0.3 is 15.8 Å². The van der Waals surface area contributed by atoms with Crippen LogP contribution in [0.4, 0.5) is 0 Å². The second-order valence-electron chi connectivity index (χ2n) is 9.72. The molecule has 0 radical (unpaired) electrons. The molecule has 1 aliphatic rings. The average molecular weight is 563 g/mol. The minimum absolute atomic E-state index is 0.241. The summed E-state index contributed by atoms with van der Waals surface area (Å²) in [6.07, 6.45) is 0.571. The number of rotatable bonds is 4. The van der Waals surface area contributed by atoms with Gasteiger partial charge >= 0.3 is 0 Å². The van der Waals surface area contributed by atoms with E-state index in [1.165, 1.54) is 0 Å². The molecule has 4 rings (SSSR count). The lowest BCUT2D eigenvalue weighted by molar-refractivity contribution is -0.126. The number of pyridine rings is 1. The summed E-state index contributed by atoms with van der Waals surface area (Å²) in [5, 5.41) is 4.29. The third-order valence-electron chi connectivity index (χ3n) is 5.69. The summed E-state index contributed by atoms with van der Waals surface area (Å²) in [4.78, 5) is 17.7. The van der Waals surface area contributed by atoms with Crippen LogP contribution in [0.3, 0.4) is 0 Å². The van der Waals surface area contributed by atoms with Crippen molar-refractivity contribution in [1.82, 2.24) is 10.3 Å². The minimum Gasteiger partial charge on any atom is -0.471 e. The second-order valence-corrected chi connectivity index (χ2v) is 11.5. The summed E-state index contributed by atoms with van der Waals surface area (Å²) in [6.45, 7) is 7.32. The molecule has 0 bridgehead atoms. The minimum atomic E-state index is -1.01. The van der Waals surface area contributed by atoms with E-state index in [1.807, 2.05) is 62.4 Å². The number of hydrogen-bond acceptors (Lipinski definition) is 4. The molecule has 2 heterocycles. The number of halogens is 3. The molecule has 3 aromatic rings. The maximum atomic E-state index is 12.8. The van der Waals surface area contributed by atoms with E-state index in [-0.39, 0.29) is 11.9 Å². The van der Waals surface area contributed by atoms with E-state index >= 15 is 0 Å². The van der Waals surface area contributed by atoms with E-state index in [0.29, 0.717) is 28.0 Å². The molecule has 0 fully saturated rings. The monoisotopic (exact) mass is 561 g/mol. The molecule has 0 saturated heterocycles. The van der Waals surface area contributed by atoms with E-state index in [2.05, 4.69) is 21.2 Å². The first-order valence-electron chi connectivity index (χ1n) is 10.9. The Balaban J connectivity index is 1.93. The Kier molecular flexibility index (Phi) is 6.73. The standard InChI is InChI=1S/C26H26BrCl2N3O2/c1-25(2)13-21(31-24(33)26(3,4)30)19-12-18(14-5-8-16(28)9-6-14)22(32-23(19)34-25)17-10-7-15(27)11-20(17)29/h5-12,21H,13,30H2,1-4H3,(H,31,33). The highest BCUT2D eigenvalue weighted by molar-refractivity contribution is 9.10. The van der Waals surface area contributed by atoms with Crippen molar-refractivity contribution in [2.75, 3.05) is 0 Å². The number of aromatic nitrogens is 1. The number of nitrogens with zero attached hydrogens (tertiary/aromatic N) is 1. The van der Waals surface area contributed by atoms with Crippen molar-refractivity contribution in [1.29, 1.82) is 0 Å². The third kappa shape index (κ3) is 5.25. The Bertz CT molecular complexity index is 1250. The Labute approximate surface area is 218 Å². The fourth-order valence-electron chi connectivity index (χ4n) is 3.96. The van der Waals surface area contributed by atoms with Gasteiger partial charge in [0.1, 0.15) is 5.60 Å². The third-order valence-corrected chi connectivity index (χ3v) is 6.75. The van der Waals surface area contributed by atoms with Crippen molar-refractivity contribution in [3.05, 3.63) is 68.6 Å². The number of hydrogen-bond donors (Lipinski definition) is 2. The normalized spacial score (nSPS) is 17.0. The molecule has 1 atom stereocenters. The molecule has 1 aromatic heterocycles. The summed E-state index contributed by atoms with van der Waals surface area (Å²) >= 11 is 16.2. The molecule has 1 aliphatic heterocycles. The van der Waals surface area contributed by atoms with Gasteiger partial charge in [0.2, 0.25) is 11.8 Å². The molecular weight excluding hydrogens is 537 g/mol. The summed E-state index contributed by atoms with van der Waals surface area (Å²) < 4.78 is 7.16. The second kappa shape index (κ2) is 9.15. The summed E-state index contributed by atoms with van der Waals surface area (Å²) in [6, 6.07) is 14.9. The van der Waals surface area contributed by atoms with Gasteiger partial charge in [-0.2, -0.15) is 0 Å². The number of benzene rings is 2. The number of carbonyl (C=O) groups excluding carboxylic acids is 1. The smallest absolute Gasteiger partial charge is 0.239 e. The molecule has 34 heavy (non-hydrogen) atoms. The van der Waals surface area contributed by atoms with Gasteiger partial charge in [-0.3, -0.25) is 4.79 Å². The SMILES string of the molecule is CC1(C)CC(NC(=O)C(C)(C)N)c2cc(-c3ccc(Cl)cc3)c(-c3ccc(Br)cc3Cl)nc2O1. The van der Waals surface area contributed by atoms with Crippen LogP contribution in [0.25, 0.3) is 22.4 Å². The van der Waals surface area contributed by atoms with Crippen molar-refractivity contribution >= 4 is 45.0 Å². The summed E-state index contributed by atoms with van der Waals surface area (Å²) in [5.41, 5.74) is 8.52. The first-order chi connectivity index (χ1) is 15.8. The fourth-order valence-corrected chi connectivity index (χ4v) is 4.85. The molecule has 2 aromatic carbocycles. The largest absolute Gasteiger partial charge is 0.471 e. The molecule has 0 saturated carbocycles. The Hall–Kier alpha value is -2.12. The van der Waals surface area contributed by atoms with Gasteiger partial charge in [-0.15, -0.1) is 0 Å². The summed E-state index contributed by atoms with van der Waals surface area (Å²) in [7, 11) is 0. The molecule has 1 unspecified atom stereocenters. The lowest BCUT2D eigenvalue weighted by atomic mass is 9.88. The zero-order chi connectivity index (χ0) is 24.8. The van der Waals surface area contributed by atoms with Crippen LogP contribution in [0.5, 0.6) is 5.88 Å². The van der Waals surface area contributed by atoms with Crippen LogP contribution in [0.15, 0.2) is 53.0 Å². The number of ether oxygens (including phenoxy) is 1. The van der Waals surface area contributed by atoms with Gasteiger partial charge in [0.15, 0.2) is 0 Å². The molecular formula is C26H26BrCl2N3O2. The van der Waals surface area contributed by atoms with E-state index < -0.39 is 11.1 Å². The van der Waals surface area contributed by atoms with Crippen molar-refractivity contribution in [3.63, 3.8) is 0 Å². The molecule has 3 N–H and O–H groups in total. The van der Waals surface area contributed by atoms with Crippen molar-refractivity contribution < 1.29 is 9.53 Å². The highest BCUT2D eigenvalue weighted by Gasteiger charge is 2.38. The number of nitrogens with two attached hydrogens (primary N) is 1. The quantitative estimate of drug-likeness (QED) is 0.361. The fraction of sp³-hybridized carbons (Fsp3) is 0.308. The van der Waals surface area contributed by atoms with Crippen LogP contribution in [-0.4, -0.2) is 22.0 Å². The number of carbonyl (C=O) groups is 1. The number of amides is 1. The van der Waals surface area contributed by atoms with E-state index in [1.54, 1.807) is 13.8 Å². The highest BCUT2D eigenvalue weighted by Crippen LogP contribution is 2.45. The number of nitrogens with one attached hydrogen (secondary N) is 1. The first-order valence-corrected chi connectivity index (χ1v) is 12.4. The van der Waals surface area contributed by atoms with Crippen molar-refractivity contribution in [2.24, 2.45) is 5.73 Å². The van der Waals surface area contributed by atoms with Crippen LogP contribution in [0.1, 0.15) is 45.7 Å². The Morgan fingerprint density at radius 1 is 1.15 bits per heavy atom. The molecule has 1 amide bonds. The summed E-state index contributed by atoms with van der Waals surface area (Å²) in [5.74, 6) is 0.220. The van der Waals surface area contributed by atoms with E-state index in [9.17, 15) is 4.79 Å². The topological polar surface area (TPSA) is 77.2 Å². The molecule has 178 valence electrons. The van der Waals surface area contributed by atoms with Gasteiger partial charge in [0, 0.05) is 32.6 Å². The molecule has 0 aliphatic carbocycles. The average Bonchev–Trinajstić information content (AvgIpc) is 2.72. The Morgan fingerprint density at radius 3 is 2.44 bits per heavy atom. The van der Waals surface area contributed by atoms with Crippen molar-refractivity contribution in [3.8, 4) is 28.3 Å². The van der Waals surface area contributed by atoms with Crippen LogP contribution < -0.4 is 15.8 Å². The molecule has 5 nitrogen and oxygen atoms in total. The zero-order valence-corrected chi connectivity index (χ0v) is 22.5. The van der Waals surface area contributed by atoms with Crippen LogP contribution in [0.2, 0.25) is 10.0 Å². The van der Waals surface area contributed by atoms with Gasteiger partial charge in [0.05, 0.1) is 22.3 Å². The zero-order valence-electron chi connectivity index (χ0n) is 19.4. The maximum Gasteiger partial charge on any atom is 0.239 e. The predicted molar refractivity (Wildman–Crippen MR) is 141 cm³/mol. The Morgan fingerprint density at radius 2 is 1.82 bits per heavy atom. The maximum absolute atomic E-state index is 12.8. The lowest BCUT2D eigenvalue weighted by Crippen LogP contribution is -2.52. The van der Waals surface area contributed by atoms with Crippen LogP contribution >= 0.6 is 39.1 Å². The van der Waals surface area contributed by atoms with Gasteiger partial charge in [-0.25, -0.2) is 4.98 Å².